The number of carbonyl (C=O) groups is 1. The summed E-state index contributed by atoms with van der Waals surface area (Å²) in [5.74, 6) is -0.0143. The predicted molar refractivity (Wildman–Crippen MR) is 86.7 cm³/mol. The molecule has 3 nitrogen and oxygen atoms in total. The maximum Gasteiger partial charge on any atom is 0.224 e. The molecule has 2 aromatic rings. The minimum atomic E-state index is -0.0143. The summed E-state index contributed by atoms with van der Waals surface area (Å²) in [6, 6.07) is 13.4. The second-order valence-electron chi connectivity index (χ2n) is 4.68. The number of rotatable bonds is 4. The van der Waals surface area contributed by atoms with Crippen LogP contribution >= 0.6 is 15.9 Å². The smallest absolute Gasteiger partial charge is 0.224 e. The fourth-order valence-electron chi connectivity index (χ4n) is 1.97. The van der Waals surface area contributed by atoms with Crippen molar-refractivity contribution in [1.29, 1.82) is 0 Å². The lowest BCUT2D eigenvalue weighted by molar-refractivity contribution is -0.116. The molecule has 0 aliphatic carbocycles. The van der Waals surface area contributed by atoms with Gasteiger partial charge >= 0.3 is 0 Å². The SMILES string of the molecule is Cc1cccc(NC(=O)CCc2ccccc2N)c1Br. The Morgan fingerprint density at radius 1 is 1.20 bits per heavy atom. The third-order valence-electron chi connectivity index (χ3n) is 3.14. The number of hydrogen-bond acceptors (Lipinski definition) is 2. The van der Waals surface area contributed by atoms with Crippen molar-refractivity contribution >= 4 is 33.2 Å². The highest BCUT2D eigenvalue weighted by atomic mass is 79.9. The van der Waals surface area contributed by atoms with Gasteiger partial charge in [0.25, 0.3) is 0 Å². The van der Waals surface area contributed by atoms with Gasteiger partial charge in [-0.3, -0.25) is 4.79 Å². The van der Waals surface area contributed by atoms with Crippen LogP contribution in [0, 0.1) is 6.92 Å². The molecule has 104 valence electrons. The molecule has 0 saturated heterocycles. The van der Waals surface area contributed by atoms with Crippen LogP contribution in [-0.2, 0) is 11.2 Å². The zero-order valence-electron chi connectivity index (χ0n) is 11.3. The summed E-state index contributed by atoms with van der Waals surface area (Å²) < 4.78 is 0.924. The summed E-state index contributed by atoms with van der Waals surface area (Å²) in [6.45, 7) is 1.99. The van der Waals surface area contributed by atoms with E-state index in [-0.39, 0.29) is 5.91 Å². The van der Waals surface area contributed by atoms with Crippen LogP contribution in [0.25, 0.3) is 0 Å². The average molecular weight is 333 g/mol. The Morgan fingerprint density at radius 2 is 1.95 bits per heavy atom. The third kappa shape index (κ3) is 3.61. The molecule has 0 saturated carbocycles. The van der Waals surface area contributed by atoms with Crippen molar-refractivity contribution in [3.8, 4) is 0 Å². The van der Waals surface area contributed by atoms with Crippen LogP contribution in [0.5, 0.6) is 0 Å². The largest absolute Gasteiger partial charge is 0.399 e. The molecule has 0 radical (unpaired) electrons. The van der Waals surface area contributed by atoms with Crippen LogP contribution in [0.3, 0.4) is 0 Å². The number of aryl methyl sites for hydroxylation is 2. The van der Waals surface area contributed by atoms with Crippen molar-refractivity contribution in [3.05, 3.63) is 58.1 Å². The van der Waals surface area contributed by atoms with Gasteiger partial charge in [0.15, 0.2) is 0 Å². The Bertz CT molecular complexity index is 626. The van der Waals surface area contributed by atoms with Gasteiger partial charge < -0.3 is 11.1 Å². The Kier molecular flexibility index (Phi) is 4.79. The quantitative estimate of drug-likeness (QED) is 0.834. The molecule has 0 aliphatic heterocycles. The predicted octanol–water partition coefficient (Wildman–Crippen LogP) is 3.91. The van der Waals surface area contributed by atoms with Gasteiger partial charge in [0.05, 0.1) is 5.69 Å². The molecule has 2 rings (SSSR count). The zero-order chi connectivity index (χ0) is 14.5. The Hall–Kier alpha value is -1.81. The lowest BCUT2D eigenvalue weighted by atomic mass is 10.1. The Balaban J connectivity index is 1.96. The van der Waals surface area contributed by atoms with Gasteiger partial charge in [-0.1, -0.05) is 30.3 Å². The molecule has 0 unspecified atom stereocenters. The van der Waals surface area contributed by atoms with Crippen LogP contribution in [0.15, 0.2) is 46.9 Å². The fourth-order valence-corrected chi connectivity index (χ4v) is 2.33. The summed E-state index contributed by atoms with van der Waals surface area (Å²) in [6.07, 6.45) is 1.05. The van der Waals surface area contributed by atoms with Crippen LogP contribution in [0.2, 0.25) is 0 Å². The van der Waals surface area contributed by atoms with E-state index in [4.69, 9.17) is 5.73 Å². The number of para-hydroxylation sites is 1. The van der Waals surface area contributed by atoms with Gasteiger partial charge in [-0.15, -0.1) is 0 Å². The number of carbonyl (C=O) groups excluding carboxylic acids is 1. The number of nitrogens with two attached hydrogens (primary N) is 1. The first-order chi connectivity index (χ1) is 9.58. The topological polar surface area (TPSA) is 55.1 Å². The number of halogens is 1. The van der Waals surface area contributed by atoms with E-state index < -0.39 is 0 Å². The summed E-state index contributed by atoms with van der Waals surface area (Å²) >= 11 is 3.48. The third-order valence-corrected chi connectivity index (χ3v) is 4.19. The summed E-state index contributed by atoms with van der Waals surface area (Å²) in [5, 5.41) is 2.91. The molecule has 4 heteroatoms. The molecule has 20 heavy (non-hydrogen) atoms. The molecule has 0 heterocycles. The van der Waals surface area contributed by atoms with Crippen LogP contribution < -0.4 is 11.1 Å². The lowest BCUT2D eigenvalue weighted by Crippen LogP contribution is -2.13. The summed E-state index contributed by atoms with van der Waals surface area (Å²) in [7, 11) is 0. The Morgan fingerprint density at radius 3 is 2.70 bits per heavy atom. The van der Waals surface area contributed by atoms with E-state index >= 15 is 0 Å². The monoisotopic (exact) mass is 332 g/mol. The van der Waals surface area contributed by atoms with Gasteiger partial charge in [0.1, 0.15) is 0 Å². The number of hydrogen-bond donors (Lipinski definition) is 2. The molecule has 2 aromatic carbocycles. The van der Waals surface area contributed by atoms with E-state index in [0.717, 1.165) is 27.0 Å². The van der Waals surface area contributed by atoms with Gasteiger partial charge in [0, 0.05) is 16.6 Å². The second kappa shape index (κ2) is 6.57. The number of nitrogens with one attached hydrogen (secondary N) is 1. The van der Waals surface area contributed by atoms with Crippen molar-refractivity contribution in [2.45, 2.75) is 19.8 Å². The molecule has 0 bridgehead atoms. The first kappa shape index (κ1) is 14.6. The van der Waals surface area contributed by atoms with Crippen LogP contribution in [0.1, 0.15) is 17.5 Å². The van der Waals surface area contributed by atoms with E-state index in [1.54, 1.807) is 0 Å². The first-order valence-corrected chi connectivity index (χ1v) is 7.25. The molecular weight excluding hydrogens is 316 g/mol. The standard InChI is InChI=1S/C16H17BrN2O/c1-11-5-4-8-14(16(11)17)19-15(20)10-9-12-6-2-3-7-13(12)18/h2-8H,9-10,18H2,1H3,(H,19,20). The van der Waals surface area contributed by atoms with Crippen molar-refractivity contribution in [2.75, 3.05) is 11.1 Å². The van der Waals surface area contributed by atoms with Crippen LogP contribution in [-0.4, -0.2) is 5.91 Å². The van der Waals surface area contributed by atoms with Crippen molar-refractivity contribution in [1.82, 2.24) is 0 Å². The van der Waals surface area contributed by atoms with Crippen molar-refractivity contribution in [2.24, 2.45) is 0 Å². The molecule has 3 N–H and O–H groups in total. The minimum absolute atomic E-state index is 0.0143. The fraction of sp³-hybridized carbons (Fsp3) is 0.188. The van der Waals surface area contributed by atoms with Gasteiger partial charge in [0.2, 0.25) is 5.91 Å². The maximum absolute atomic E-state index is 12.0. The lowest BCUT2D eigenvalue weighted by Gasteiger charge is -2.09. The number of nitrogen functional groups attached to an aromatic ring is 1. The van der Waals surface area contributed by atoms with Gasteiger partial charge in [-0.2, -0.15) is 0 Å². The minimum Gasteiger partial charge on any atom is -0.399 e. The molecular formula is C16H17BrN2O. The Labute approximate surface area is 127 Å². The summed E-state index contributed by atoms with van der Waals surface area (Å²) in [5.41, 5.74) is 9.50. The van der Waals surface area contributed by atoms with Crippen molar-refractivity contribution < 1.29 is 4.79 Å². The number of benzene rings is 2. The molecule has 0 atom stereocenters. The van der Waals surface area contributed by atoms with Gasteiger partial charge in [-0.05, 0) is 52.5 Å². The van der Waals surface area contributed by atoms with E-state index in [0.29, 0.717) is 12.8 Å². The molecule has 0 aliphatic rings. The second-order valence-corrected chi connectivity index (χ2v) is 5.48. The first-order valence-electron chi connectivity index (χ1n) is 6.46. The number of amides is 1. The van der Waals surface area contributed by atoms with E-state index in [2.05, 4.69) is 21.2 Å². The van der Waals surface area contributed by atoms with E-state index in [1.165, 1.54) is 0 Å². The summed E-state index contributed by atoms with van der Waals surface area (Å²) in [4.78, 5) is 12.0. The molecule has 0 spiro atoms. The van der Waals surface area contributed by atoms with Crippen molar-refractivity contribution in [3.63, 3.8) is 0 Å². The van der Waals surface area contributed by atoms with Crippen LogP contribution in [0.4, 0.5) is 11.4 Å². The zero-order valence-corrected chi connectivity index (χ0v) is 12.9. The highest BCUT2D eigenvalue weighted by Gasteiger charge is 2.08. The number of anilines is 2. The molecule has 0 aromatic heterocycles. The maximum atomic E-state index is 12.0. The van der Waals surface area contributed by atoms with Gasteiger partial charge in [-0.25, -0.2) is 0 Å². The van der Waals surface area contributed by atoms with E-state index in [1.807, 2.05) is 49.4 Å². The molecule has 1 amide bonds. The molecule has 0 fully saturated rings. The highest BCUT2D eigenvalue weighted by Crippen LogP contribution is 2.26. The normalized spacial score (nSPS) is 10.3. The highest BCUT2D eigenvalue weighted by molar-refractivity contribution is 9.10. The van der Waals surface area contributed by atoms with E-state index in [9.17, 15) is 4.79 Å². The average Bonchev–Trinajstić information content (AvgIpc) is 2.43.